The molecule has 0 heteroatoms. The van der Waals surface area contributed by atoms with E-state index in [1.807, 2.05) is 0 Å². The first-order chi connectivity index (χ1) is 5.81. The van der Waals surface area contributed by atoms with E-state index in [2.05, 4.69) is 32.2 Å². The van der Waals surface area contributed by atoms with E-state index in [-0.39, 0.29) is 0 Å². The van der Waals surface area contributed by atoms with Crippen LogP contribution in [0, 0.1) is 24.7 Å². The molecule has 0 spiro atoms. The van der Waals surface area contributed by atoms with E-state index in [1.54, 1.807) is 0 Å². The van der Waals surface area contributed by atoms with E-state index in [0.717, 1.165) is 18.3 Å². The van der Waals surface area contributed by atoms with Crippen molar-refractivity contribution < 1.29 is 0 Å². The van der Waals surface area contributed by atoms with Gasteiger partial charge >= 0.3 is 0 Å². The molecule has 1 fully saturated rings. The van der Waals surface area contributed by atoms with Crippen molar-refractivity contribution in [2.45, 2.75) is 25.7 Å². The molecule has 3 unspecified atom stereocenters. The predicted molar refractivity (Wildman–Crippen MR) is 54.7 cm³/mol. The molecule has 3 atom stereocenters. The molecule has 0 nitrogen and oxygen atoms in total. The van der Waals surface area contributed by atoms with Crippen LogP contribution in [0.5, 0.6) is 0 Å². The van der Waals surface area contributed by atoms with Crippen LogP contribution in [0.25, 0.3) is 0 Å². The summed E-state index contributed by atoms with van der Waals surface area (Å²) in [6, 6.07) is 0. The maximum atomic E-state index is 3.98. The monoisotopic (exact) mass is 163 g/mol. The minimum absolute atomic E-state index is 0.680. The van der Waals surface area contributed by atoms with Crippen molar-refractivity contribution in [2.75, 3.05) is 0 Å². The molecule has 1 aliphatic carbocycles. The first kappa shape index (κ1) is 9.57. The number of hydrogen-bond acceptors (Lipinski definition) is 0. The summed E-state index contributed by atoms with van der Waals surface area (Å²) in [6.07, 6.45) is 9.10. The van der Waals surface area contributed by atoms with Crippen LogP contribution in [0.15, 0.2) is 25.3 Å². The van der Waals surface area contributed by atoms with Crippen LogP contribution in [-0.4, -0.2) is 0 Å². The molecule has 0 bridgehead atoms. The van der Waals surface area contributed by atoms with Crippen molar-refractivity contribution >= 4 is 0 Å². The van der Waals surface area contributed by atoms with E-state index in [0.29, 0.717) is 5.92 Å². The topological polar surface area (TPSA) is 0 Å². The Hall–Kier alpha value is -0.520. The molecule has 0 aromatic rings. The average molecular weight is 163 g/mol. The number of hydrogen-bond donors (Lipinski definition) is 0. The highest BCUT2D eigenvalue weighted by atomic mass is 14.3. The van der Waals surface area contributed by atoms with Crippen LogP contribution >= 0.6 is 0 Å². The van der Waals surface area contributed by atoms with E-state index in [1.165, 1.54) is 19.3 Å². The van der Waals surface area contributed by atoms with Crippen LogP contribution in [0.4, 0.5) is 0 Å². The highest BCUT2D eigenvalue weighted by molar-refractivity contribution is 4.94. The minimum Gasteiger partial charge on any atom is -0.103 e. The lowest BCUT2D eigenvalue weighted by molar-refractivity contribution is 0.245. The second kappa shape index (κ2) is 4.49. The third-order valence-electron chi connectivity index (χ3n) is 3.10. The zero-order valence-corrected chi connectivity index (χ0v) is 7.84. The van der Waals surface area contributed by atoms with Crippen molar-refractivity contribution in [2.24, 2.45) is 17.8 Å². The van der Waals surface area contributed by atoms with Crippen molar-refractivity contribution in [1.29, 1.82) is 0 Å². The van der Waals surface area contributed by atoms with Crippen molar-refractivity contribution in [3.8, 4) is 0 Å². The van der Waals surface area contributed by atoms with E-state index in [9.17, 15) is 0 Å². The van der Waals surface area contributed by atoms with Gasteiger partial charge in [0.1, 0.15) is 0 Å². The second-order valence-corrected chi connectivity index (χ2v) is 3.76. The van der Waals surface area contributed by atoms with Gasteiger partial charge in [-0.2, -0.15) is 0 Å². The van der Waals surface area contributed by atoms with Gasteiger partial charge in [-0.25, -0.2) is 0 Å². The van der Waals surface area contributed by atoms with Gasteiger partial charge in [0.25, 0.3) is 0 Å². The van der Waals surface area contributed by atoms with E-state index < -0.39 is 0 Å². The molecule has 0 aromatic heterocycles. The van der Waals surface area contributed by atoms with Gasteiger partial charge in [-0.1, -0.05) is 19.1 Å². The summed E-state index contributed by atoms with van der Waals surface area (Å²) in [5.41, 5.74) is 0. The van der Waals surface area contributed by atoms with Gasteiger partial charge in [-0.05, 0) is 43.4 Å². The fraction of sp³-hybridized carbons (Fsp3) is 0.583. The van der Waals surface area contributed by atoms with Gasteiger partial charge in [-0.3, -0.25) is 0 Å². The minimum atomic E-state index is 0.680. The second-order valence-electron chi connectivity index (χ2n) is 3.76. The summed E-state index contributed by atoms with van der Waals surface area (Å²) in [6.45, 7) is 11.7. The first-order valence-electron chi connectivity index (χ1n) is 4.86. The smallest absolute Gasteiger partial charge is 0.0202 e. The zero-order chi connectivity index (χ0) is 8.97. The Bertz CT molecular complexity index is 157. The Balaban J connectivity index is 2.52. The molecule has 0 aromatic carbocycles. The van der Waals surface area contributed by atoms with Crippen molar-refractivity contribution in [1.82, 2.24) is 0 Å². The molecule has 0 aliphatic heterocycles. The van der Waals surface area contributed by atoms with Crippen LogP contribution in [-0.2, 0) is 0 Å². The third-order valence-corrected chi connectivity index (χ3v) is 3.10. The molecule has 1 saturated carbocycles. The maximum Gasteiger partial charge on any atom is -0.0202 e. The standard InChI is InChI=1S/C12H19/c1-4-10-7-8-11(5-2)12(6-3)9-10/h4,6,10-12H,1-3,5,7-9H2. The summed E-state index contributed by atoms with van der Waals surface area (Å²) < 4.78 is 0. The highest BCUT2D eigenvalue weighted by Crippen LogP contribution is 2.36. The molecule has 0 N–H and O–H groups in total. The largest absolute Gasteiger partial charge is 0.103 e. The van der Waals surface area contributed by atoms with E-state index >= 15 is 0 Å². The molecule has 0 saturated heterocycles. The highest BCUT2D eigenvalue weighted by Gasteiger charge is 2.25. The molecule has 1 rings (SSSR count). The summed E-state index contributed by atoms with van der Waals surface area (Å²) in [7, 11) is 0. The Morgan fingerprint density at radius 3 is 2.42 bits per heavy atom. The van der Waals surface area contributed by atoms with Crippen molar-refractivity contribution in [3.05, 3.63) is 32.2 Å². The summed E-state index contributed by atoms with van der Waals surface area (Å²) in [5.74, 6) is 2.17. The molecule has 0 heterocycles. The van der Waals surface area contributed by atoms with Gasteiger partial charge in [-0.15, -0.1) is 13.2 Å². The zero-order valence-electron chi connectivity index (χ0n) is 7.84. The van der Waals surface area contributed by atoms with Gasteiger partial charge in [0.2, 0.25) is 0 Å². The normalized spacial score (nSPS) is 35.9. The van der Waals surface area contributed by atoms with Gasteiger partial charge in [0.15, 0.2) is 0 Å². The van der Waals surface area contributed by atoms with Gasteiger partial charge in [0, 0.05) is 0 Å². The van der Waals surface area contributed by atoms with Gasteiger partial charge in [0.05, 0.1) is 0 Å². The van der Waals surface area contributed by atoms with Crippen LogP contribution in [0.1, 0.15) is 25.7 Å². The summed E-state index contributed by atoms with van der Waals surface area (Å²) in [4.78, 5) is 0. The number of allylic oxidation sites excluding steroid dienone is 2. The Labute approximate surface area is 76.4 Å². The summed E-state index contributed by atoms with van der Waals surface area (Å²) in [5, 5.41) is 0. The molecular formula is C12H19. The molecule has 1 aliphatic rings. The lowest BCUT2D eigenvalue weighted by Gasteiger charge is -2.32. The predicted octanol–water partition coefficient (Wildman–Crippen LogP) is 3.62. The third kappa shape index (κ3) is 2.00. The molecule has 12 heavy (non-hydrogen) atoms. The average Bonchev–Trinajstić information content (AvgIpc) is 2.16. The SMILES string of the molecule is [CH2]CC1CCC(C=C)CC1C=C. The fourth-order valence-electron chi connectivity index (χ4n) is 2.16. The number of rotatable bonds is 3. The van der Waals surface area contributed by atoms with Gasteiger partial charge < -0.3 is 0 Å². The Morgan fingerprint density at radius 2 is 1.92 bits per heavy atom. The van der Waals surface area contributed by atoms with Crippen LogP contribution in [0.2, 0.25) is 0 Å². The van der Waals surface area contributed by atoms with Crippen LogP contribution < -0.4 is 0 Å². The maximum absolute atomic E-state index is 3.98. The first-order valence-corrected chi connectivity index (χ1v) is 4.86. The Morgan fingerprint density at radius 1 is 1.17 bits per heavy atom. The molecule has 0 amide bonds. The lowest BCUT2D eigenvalue weighted by Crippen LogP contribution is -2.21. The van der Waals surface area contributed by atoms with Crippen molar-refractivity contribution in [3.63, 3.8) is 0 Å². The molecule has 1 radical (unpaired) electrons. The Kier molecular flexibility index (Phi) is 3.58. The molecular weight excluding hydrogens is 144 g/mol. The summed E-state index contributed by atoms with van der Waals surface area (Å²) >= 11 is 0. The quantitative estimate of drug-likeness (QED) is 0.557. The lowest BCUT2D eigenvalue weighted by atomic mass is 9.73. The fourth-order valence-corrected chi connectivity index (χ4v) is 2.16. The van der Waals surface area contributed by atoms with Crippen LogP contribution in [0.3, 0.4) is 0 Å². The molecule has 67 valence electrons. The van der Waals surface area contributed by atoms with E-state index in [4.69, 9.17) is 0 Å².